The first-order valence-corrected chi connectivity index (χ1v) is 15.9. The molecule has 0 aliphatic carbocycles. The highest BCUT2D eigenvalue weighted by molar-refractivity contribution is 7.89. The summed E-state index contributed by atoms with van der Waals surface area (Å²) in [4.78, 5) is 38.5. The van der Waals surface area contributed by atoms with Gasteiger partial charge in [0.25, 0.3) is 15.7 Å². The Morgan fingerprint density at radius 2 is 1.53 bits per heavy atom. The lowest BCUT2D eigenvalue weighted by Crippen LogP contribution is -2.45. The van der Waals surface area contributed by atoms with Crippen LogP contribution in [0.4, 0.5) is 5.69 Å². The van der Waals surface area contributed by atoms with Crippen LogP contribution in [-0.4, -0.2) is 39.5 Å². The maximum absolute atomic E-state index is 14.1. The molecule has 11 nitrogen and oxygen atoms in total. The Kier molecular flexibility index (Phi) is 11.1. The van der Waals surface area contributed by atoms with E-state index < -0.39 is 50.7 Å². The number of nitro benzene ring substituents is 1. The van der Waals surface area contributed by atoms with E-state index in [2.05, 4.69) is 4.72 Å². The molecule has 0 aromatic heterocycles. The number of rotatable bonds is 13. The Labute approximate surface area is 276 Å². The number of methoxy groups -OCH3 is 2. The van der Waals surface area contributed by atoms with E-state index in [1.54, 1.807) is 79.7 Å². The maximum Gasteiger partial charge on any atom is 0.354 e. The zero-order valence-electron chi connectivity index (χ0n) is 25.6. The summed E-state index contributed by atoms with van der Waals surface area (Å²) in [5.74, 6) is -3.32. The Morgan fingerprint density at radius 1 is 0.915 bits per heavy atom. The zero-order valence-corrected chi connectivity index (χ0v) is 27.2. The van der Waals surface area contributed by atoms with Crippen LogP contribution in [0.25, 0.3) is 0 Å². The number of nitro groups is 1. The van der Waals surface area contributed by atoms with Crippen LogP contribution < -0.4 is 4.72 Å². The summed E-state index contributed by atoms with van der Waals surface area (Å²) in [6, 6.07) is 26.2. The van der Waals surface area contributed by atoms with Crippen molar-refractivity contribution in [3.8, 4) is 0 Å². The van der Waals surface area contributed by atoms with E-state index in [9.17, 15) is 28.1 Å². The Hall–Kier alpha value is -5.04. The number of nitrogens with one attached hydrogen (secondary N) is 1. The van der Waals surface area contributed by atoms with E-state index in [0.29, 0.717) is 10.6 Å². The highest BCUT2D eigenvalue weighted by Crippen LogP contribution is 2.44. The zero-order chi connectivity index (χ0) is 34.2. The molecular formula is C34H31ClN2O9S. The van der Waals surface area contributed by atoms with Gasteiger partial charge in [0, 0.05) is 17.0 Å². The van der Waals surface area contributed by atoms with Crippen molar-refractivity contribution in [3.05, 3.63) is 152 Å². The number of aryl methyl sites for hydroxylation is 1. The van der Waals surface area contributed by atoms with Crippen molar-refractivity contribution in [3.63, 3.8) is 0 Å². The number of ether oxygens (including phenoxy) is 3. The van der Waals surface area contributed by atoms with E-state index in [1.165, 1.54) is 36.4 Å². The molecule has 4 rings (SSSR count). The van der Waals surface area contributed by atoms with Crippen molar-refractivity contribution < 1.29 is 37.1 Å². The van der Waals surface area contributed by atoms with Crippen LogP contribution in [0.2, 0.25) is 5.02 Å². The first kappa shape index (κ1) is 34.8. The molecule has 0 aliphatic heterocycles. The SMILES string of the molecule is COC(=O)/C(=C/C(c1ccc(Cl)cc1)C(OCc1ccccc1[N+](=O)[O-])(C(=O)OC)c1ccccc1)NS(=O)(=O)c1ccc(C)cc1. The highest BCUT2D eigenvalue weighted by Gasteiger charge is 2.50. The van der Waals surface area contributed by atoms with Crippen LogP contribution in [0.1, 0.15) is 28.2 Å². The highest BCUT2D eigenvalue weighted by atomic mass is 35.5. The molecule has 4 aromatic rings. The van der Waals surface area contributed by atoms with Gasteiger partial charge >= 0.3 is 11.9 Å². The molecule has 47 heavy (non-hydrogen) atoms. The van der Waals surface area contributed by atoms with Crippen LogP contribution in [0.3, 0.4) is 0 Å². The number of carbonyl (C=O) groups excluding carboxylic acids is 2. The third kappa shape index (κ3) is 7.86. The molecule has 1 N–H and O–H groups in total. The van der Waals surface area contributed by atoms with Crippen LogP contribution in [0.5, 0.6) is 0 Å². The molecule has 0 radical (unpaired) electrons. The normalized spacial score (nSPS) is 13.6. The molecular weight excluding hydrogens is 648 g/mol. The van der Waals surface area contributed by atoms with E-state index in [0.717, 1.165) is 19.8 Å². The number of hydrogen-bond acceptors (Lipinski definition) is 9. The lowest BCUT2D eigenvalue weighted by atomic mass is 9.76. The molecule has 13 heteroatoms. The molecule has 0 saturated heterocycles. The quantitative estimate of drug-likeness (QED) is 0.0781. The summed E-state index contributed by atoms with van der Waals surface area (Å²) in [6.07, 6.45) is 1.20. The lowest BCUT2D eigenvalue weighted by molar-refractivity contribution is -0.386. The average Bonchev–Trinajstić information content (AvgIpc) is 3.08. The summed E-state index contributed by atoms with van der Waals surface area (Å²) in [7, 11) is -2.13. The minimum Gasteiger partial charge on any atom is -0.467 e. The number of sulfonamides is 1. The van der Waals surface area contributed by atoms with Crippen molar-refractivity contribution in [1.82, 2.24) is 4.72 Å². The minimum atomic E-state index is -4.34. The van der Waals surface area contributed by atoms with Gasteiger partial charge in [0.05, 0.1) is 36.2 Å². The van der Waals surface area contributed by atoms with Crippen LogP contribution in [0, 0.1) is 17.0 Å². The molecule has 2 atom stereocenters. The molecule has 4 aromatic carbocycles. The van der Waals surface area contributed by atoms with Crippen LogP contribution >= 0.6 is 11.6 Å². The van der Waals surface area contributed by atoms with Crippen LogP contribution in [0.15, 0.2) is 120 Å². The van der Waals surface area contributed by atoms with Crippen molar-refractivity contribution in [2.24, 2.45) is 0 Å². The fourth-order valence-corrected chi connectivity index (χ4v) is 6.14. The van der Waals surface area contributed by atoms with Crippen molar-refractivity contribution in [1.29, 1.82) is 0 Å². The van der Waals surface area contributed by atoms with Crippen LogP contribution in [-0.2, 0) is 46.0 Å². The Bertz CT molecular complexity index is 1880. The predicted molar refractivity (Wildman–Crippen MR) is 174 cm³/mol. The predicted octanol–water partition coefficient (Wildman–Crippen LogP) is 5.96. The van der Waals surface area contributed by atoms with Crippen molar-refractivity contribution in [2.75, 3.05) is 14.2 Å². The second-order valence-electron chi connectivity index (χ2n) is 10.3. The largest absolute Gasteiger partial charge is 0.467 e. The monoisotopic (exact) mass is 678 g/mol. The van der Waals surface area contributed by atoms with E-state index >= 15 is 0 Å². The first-order valence-electron chi connectivity index (χ1n) is 14.1. The lowest BCUT2D eigenvalue weighted by Gasteiger charge is -2.38. The van der Waals surface area contributed by atoms with Gasteiger partial charge in [-0.3, -0.25) is 14.8 Å². The van der Waals surface area contributed by atoms with Gasteiger partial charge in [0.15, 0.2) is 0 Å². The summed E-state index contributed by atoms with van der Waals surface area (Å²) in [5.41, 5.74) is -1.38. The van der Waals surface area contributed by atoms with E-state index in [1.807, 2.05) is 0 Å². The number of para-hydroxylation sites is 1. The summed E-state index contributed by atoms with van der Waals surface area (Å²) < 4.78 is 46.0. The van der Waals surface area contributed by atoms with E-state index in [-0.39, 0.29) is 21.7 Å². The fraction of sp³-hybridized carbons (Fsp3) is 0.176. The number of halogens is 1. The Balaban J connectivity index is 2.01. The molecule has 244 valence electrons. The van der Waals surface area contributed by atoms with E-state index in [4.69, 9.17) is 25.8 Å². The van der Waals surface area contributed by atoms with Gasteiger partial charge in [0.2, 0.25) is 5.60 Å². The Morgan fingerprint density at radius 3 is 2.13 bits per heavy atom. The van der Waals surface area contributed by atoms with Gasteiger partial charge in [-0.1, -0.05) is 83.9 Å². The summed E-state index contributed by atoms with van der Waals surface area (Å²) in [5, 5.41) is 12.2. The number of benzene rings is 4. The third-order valence-electron chi connectivity index (χ3n) is 7.32. The van der Waals surface area contributed by atoms with Gasteiger partial charge in [-0.05, 0) is 54.5 Å². The third-order valence-corrected chi connectivity index (χ3v) is 8.95. The number of nitrogens with zero attached hydrogens (tertiary/aromatic N) is 1. The number of esters is 2. The second-order valence-corrected chi connectivity index (χ2v) is 12.4. The number of hydrogen-bond donors (Lipinski definition) is 1. The standard InChI is InChI=1S/C34H31ClN2O9S/c1-23-13-19-28(20-14-23)47(42,43)36-30(32(38)44-2)21-29(24-15-17-27(35)18-16-24)34(33(39)45-3,26-10-5-4-6-11-26)46-22-25-9-7-8-12-31(25)37(40)41/h4-21,29,36H,22H2,1-3H3/b30-21-. The topological polar surface area (TPSA) is 151 Å². The first-order chi connectivity index (χ1) is 22.4. The fourth-order valence-electron chi connectivity index (χ4n) is 4.96. The maximum atomic E-state index is 14.1. The summed E-state index contributed by atoms with van der Waals surface area (Å²) in [6.45, 7) is 1.34. The average molecular weight is 679 g/mol. The molecule has 2 unspecified atom stereocenters. The molecule has 0 fully saturated rings. The minimum absolute atomic E-state index is 0.129. The van der Waals surface area contributed by atoms with Gasteiger partial charge < -0.3 is 14.2 Å². The van der Waals surface area contributed by atoms with Crippen molar-refractivity contribution in [2.45, 2.75) is 29.9 Å². The summed E-state index contributed by atoms with van der Waals surface area (Å²) >= 11 is 6.20. The second kappa shape index (κ2) is 15.0. The van der Waals surface area contributed by atoms with Gasteiger partial charge in [-0.2, -0.15) is 0 Å². The van der Waals surface area contributed by atoms with Gasteiger partial charge in [-0.25, -0.2) is 18.0 Å². The number of carbonyl (C=O) groups is 2. The van der Waals surface area contributed by atoms with Crippen molar-refractivity contribution >= 4 is 39.3 Å². The smallest absolute Gasteiger partial charge is 0.354 e. The molecule has 0 spiro atoms. The van der Waals surface area contributed by atoms with Gasteiger partial charge in [-0.15, -0.1) is 0 Å². The molecule has 0 aliphatic rings. The molecule has 0 amide bonds. The molecule has 0 bridgehead atoms. The molecule has 0 saturated carbocycles. The van der Waals surface area contributed by atoms with Gasteiger partial charge in [0.1, 0.15) is 5.70 Å². The molecule has 0 heterocycles.